The third kappa shape index (κ3) is 3.47. The minimum Gasteiger partial charge on any atom is -0.341 e. The molecule has 7 heteroatoms. The summed E-state index contributed by atoms with van der Waals surface area (Å²) < 4.78 is 13.9. The van der Waals surface area contributed by atoms with Gasteiger partial charge in [0.15, 0.2) is 0 Å². The van der Waals surface area contributed by atoms with Gasteiger partial charge in [0.25, 0.3) is 0 Å². The van der Waals surface area contributed by atoms with Gasteiger partial charge in [-0.3, -0.25) is 4.79 Å². The molecule has 2 heterocycles. The molecule has 2 atom stereocenters. The van der Waals surface area contributed by atoms with Crippen molar-refractivity contribution in [1.29, 1.82) is 10.5 Å². The van der Waals surface area contributed by atoms with Crippen LogP contribution in [0.25, 0.3) is 11.1 Å². The van der Waals surface area contributed by atoms with E-state index in [0.717, 1.165) is 5.56 Å². The smallest absolute Gasteiger partial charge is 0.226 e. The van der Waals surface area contributed by atoms with E-state index >= 15 is 0 Å². The molecule has 2 saturated heterocycles. The van der Waals surface area contributed by atoms with Crippen LogP contribution in [-0.2, 0) is 11.2 Å². The molecule has 2 aliphatic rings. The number of thioether (sulfide) groups is 1. The molecular weight excluding hydrogens is 375 g/mol. The van der Waals surface area contributed by atoms with Crippen LogP contribution in [0.3, 0.4) is 0 Å². The van der Waals surface area contributed by atoms with Crippen LogP contribution in [-0.4, -0.2) is 29.1 Å². The number of carbonyl (C=O) groups is 1. The van der Waals surface area contributed by atoms with Gasteiger partial charge in [-0.05, 0) is 34.9 Å². The lowest BCUT2D eigenvalue weighted by Crippen LogP contribution is -2.51. The molecule has 2 N–H and O–H groups in total. The Morgan fingerprint density at radius 1 is 1.21 bits per heavy atom. The number of halogens is 1. The Morgan fingerprint density at radius 3 is 2.50 bits per heavy atom. The molecule has 1 unspecified atom stereocenters. The van der Waals surface area contributed by atoms with Gasteiger partial charge in [0, 0.05) is 19.5 Å². The van der Waals surface area contributed by atoms with Gasteiger partial charge in [-0.2, -0.15) is 10.5 Å². The van der Waals surface area contributed by atoms with Gasteiger partial charge in [0.1, 0.15) is 15.9 Å². The predicted molar refractivity (Wildman–Crippen MR) is 104 cm³/mol. The first-order valence-corrected chi connectivity index (χ1v) is 9.82. The highest BCUT2D eigenvalue weighted by Crippen LogP contribution is 2.53. The summed E-state index contributed by atoms with van der Waals surface area (Å²) in [6, 6.07) is 16.2. The van der Waals surface area contributed by atoms with Crippen molar-refractivity contribution in [3.63, 3.8) is 0 Å². The molecule has 0 aliphatic carbocycles. The Kier molecular flexibility index (Phi) is 4.80. The summed E-state index contributed by atoms with van der Waals surface area (Å²) in [5, 5.41) is 24.1. The van der Waals surface area contributed by atoms with Gasteiger partial charge in [-0.25, -0.2) is 4.39 Å². The van der Waals surface area contributed by atoms with Gasteiger partial charge in [0.2, 0.25) is 5.91 Å². The van der Waals surface area contributed by atoms with E-state index < -0.39 is 4.75 Å². The number of hydrogen-bond acceptors (Lipinski definition) is 5. The summed E-state index contributed by atoms with van der Waals surface area (Å²) in [7, 11) is 0. The first-order chi connectivity index (χ1) is 13.5. The third-order valence-corrected chi connectivity index (χ3v) is 6.56. The van der Waals surface area contributed by atoms with Crippen LogP contribution in [0.1, 0.15) is 11.1 Å². The molecule has 4 rings (SSSR count). The lowest BCUT2D eigenvalue weighted by atomic mass is 9.96. The van der Waals surface area contributed by atoms with Crippen LogP contribution in [0.15, 0.2) is 42.5 Å². The van der Waals surface area contributed by atoms with Gasteiger partial charge >= 0.3 is 0 Å². The molecule has 0 spiro atoms. The number of nitrogens with zero attached hydrogens (tertiary/aromatic N) is 2. The zero-order valence-corrected chi connectivity index (χ0v) is 15.7. The van der Waals surface area contributed by atoms with Gasteiger partial charge in [-0.1, -0.05) is 24.3 Å². The summed E-state index contributed by atoms with van der Waals surface area (Å²) in [6.07, 6.45) is 0.238. The average Bonchev–Trinajstić information content (AvgIpc) is 3.34. The lowest BCUT2D eigenvalue weighted by molar-refractivity contribution is -0.126. The Hall–Kier alpha value is -2.87. The molecule has 0 saturated carbocycles. The number of hydrogen-bond donors (Lipinski definition) is 2. The number of rotatable bonds is 5. The maximum Gasteiger partial charge on any atom is 0.226 e. The Labute approximate surface area is 166 Å². The molecule has 0 aromatic heterocycles. The van der Waals surface area contributed by atoms with Crippen molar-refractivity contribution < 1.29 is 9.18 Å². The zero-order chi connectivity index (χ0) is 19.7. The highest BCUT2D eigenvalue weighted by atomic mass is 32.2. The first kappa shape index (κ1) is 18.5. The number of carbonyl (C=O) groups excluding carboxylic acids is 1. The van der Waals surface area contributed by atoms with Crippen LogP contribution in [0.2, 0.25) is 0 Å². The van der Waals surface area contributed by atoms with E-state index in [0.29, 0.717) is 29.8 Å². The van der Waals surface area contributed by atoms with Crippen LogP contribution in [0.5, 0.6) is 0 Å². The normalized spacial score (nSPS) is 23.2. The van der Waals surface area contributed by atoms with E-state index in [4.69, 9.17) is 5.26 Å². The number of benzene rings is 2. The second-order valence-corrected chi connectivity index (χ2v) is 8.47. The van der Waals surface area contributed by atoms with Crippen LogP contribution >= 0.6 is 11.8 Å². The van der Waals surface area contributed by atoms with E-state index in [9.17, 15) is 14.4 Å². The number of nitriles is 2. The van der Waals surface area contributed by atoms with Crippen molar-refractivity contribution in [1.82, 2.24) is 10.6 Å². The molecule has 5 nitrogen and oxygen atoms in total. The zero-order valence-electron chi connectivity index (χ0n) is 14.9. The second-order valence-electron chi connectivity index (χ2n) is 7.04. The van der Waals surface area contributed by atoms with Gasteiger partial charge in [-0.15, -0.1) is 11.8 Å². The largest absolute Gasteiger partial charge is 0.341 e. The van der Waals surface area contributed by atoms with Crippen molar-refractivity contribution >= 4 is 17.7 Å². The van der Waals surface area contributed by atoms with E-state index in [1.807, 2.05) is 6.07 Å². The van der Waals surface area contributed by atoms with Crippen LogP contribution in [0.4, 0.5) is 4.39 Å². The first-order valence-electron chi connectivity index (χ1n) is 8.94. The molecule has 2 aromatic carbocycles. The monoisotopic (exact) mass is 392 g/mol. The fourth-order valence-corrected chi connectivity index (χ4v) is 4.21. The van der Waals surface area contributed by atoms with Crippen LogP contribution < -0.4 is 10.6 Å². The van der Waals surface area contributed by atoms with Gasteiger partial charge < -0.3 is 10.6 Å². The summed E-state index contributed by atoms with van der Waals surface area (Å²) in [6.45, 7) is 1.32. The minimum atomic E-state index is -0.816. The molecule has 1 amide bonds. The average molecular weight is 392 g/mol. The molecule has 2 fully saturated rings. The second kappa shape index (κ2) is 7.27. The van der Waals surface area contributed by atoms with E-state index in [-0.39, 0.29) is 29.4 Å². The Balaban J connectivity index is 1.46. The Bertz CT molecular complexity index is 1010. The Morgan fingerprint density at radius 2 is 1.93 bits per heavy atom. The topological polar surface area (TPSA) is 88.7 Å². The summed E-state index contributed by atoms with van der Waals surface area (Å²) >= 11 is 1.36. The standard InChI is InChI=1S/C21H17FN4OS/c22-18-7-15(14-3-1-13(9-23)2-4-14)5-6-16(18)8-21(12-24)20(28-21)26-19(27)17-10-25-11-17/h1-7,17,20,25H,8,10-11H2,(H,26,27)/t20?,21-/m0/s1. The van der Waals surface area contributed by atoms with Crippen LogP contribution in [0, 0.1) is 34.4 Å². The fourth-order valence-electron chi connectivity index (χ4n) is 3.19. The SMILES string of the molecule is N#Cc1ccc(-c2ccc(C[C@@]3(C#N)SC3NC(=O)C3CNC3)c(F)c2)cc1. The lowest BCUT2D eigenvalue weighted by Gasteiger charge is -2.25. The maximum atomic E-state index is 14.7. The van der Waals surface area contributed by atoms with E-state index in [1.54, 1.807) is 30.3 Å². The summed E-state index contributed by atoms with van der Waals surface area (Å²) in [5.41, 5.74) is 2.53. The van der Waals surface area contributed by atoms with E-state index in [2.05, 4.69) is 22.8 Å². The highest BCUT2D eigenvalue weighted by Gasteiger charge is 2.58. The quantitative estimate of drug-likeness (QED) is 0.764. The van der Waals surface area contributed by atoms with Crippen molar-refractivity contribution in [2.24, 2.45) is 5.92 Å². The maximum absolute atomic E-state index is 14.7. The number of amides is 1. The summed E-state index contributed by atoms with van der Waals surface area (Å²) in [5.74, 6) is -0.469. The highest BCUT2D eigenvalue weighted by molar-refractivity contribution is 8.09. The van der Waals surface area contributed by atoms with Crippen molar-refractivity contribution in [3.8, 4) is 23.3 Å². The van der Waals surface area contributed by atoms with Crippen molar-refractivity contribution in [3.05, 3.63) is 59.4 Å². The molecule has 0 bridgehead atoms. The molecular formula is C21H17FN4OS. The summed E-state index contributed by atoms with van der Waals surface area (Å²) in [4.78, 5) is 12.1. The molecule has 2 aliphatic heterocycles. The molecule has 0 radical (unpaired) electrons. The van der Waals surface area contributed by atoms with Crippen molar-refractivity contribution in [2.45, 2.75) is 16.5 Å². The molecule has 2 aromatic rings. The fraction of sp³-hybridized carbons (Fsp3) is 0.286. The third-order valence-electron chi connectivity index (χ3n) is 5.16. The predicted octanol–water partition coefficient (Wildman–Crippen LogP) is 2.58. The molecule has 28 heavy (non-hydrogen) atoms. The van der Waals surface area contributed by atoms with E-state index in [1.165, 1.54) is 17.8 Å². The molecule has 140 valence electrons. The number of nitrogens with one attached hydrogen (secondary N) is 2. The minimum absolute atomic E-state index is 0.0407. The van der Waals surface area contributed by atoms with Crippen molar-refractivity contribution in [2.75, 3.05) is 13.1 Å². The van der Waals surface area contributed by atoms with Gasteiger partial charge in [0.05, 0.1) is 23.6 Å².